The second kappa shape index (κ2) is 7.29. The van der Waals surface area contributed by atoms with Crippen molar-refractivity contribution >= 4 is 50.0 Å². The van der Waals surface area contributed by atoms with E-state index < -0.39 is 27.7 Å². The molecule has 28 heavy (non-hydrogen) atoms. The van der Waals surface area contributed by atoms with Crippen molar-refractivity contribution < 1.29 is 23.1 Å². The van der Waals surface area contributed by atoms with Gasteiger partial charge in [-0.3, -0.25) is 14.3 Å². The van der Waals surface area contributed by atoms with Gasteiger partial charge in [0.1, 0.15) is 0 Å². The molecule has 9 heteroatoms. The van der Waals surface area contributed by atoms with Gasteiger partial charge in [0.05, 0.1) is 17.9 Å². The molecule has 146 valence electrons. The first-order valence-electron chi connectivity index (χ1n) is 8.23. The molecule has 7 nitrogen and oxygen atoms in total. The van der Waals surface area contributed by atoms with Crippen LogP contribution in [0.4, 0.5) is 5.69 Å². The number of fused-ring (bicyclic) bond motifs is 1. The van der Waals surface area contributed by atoms with E-state index in [1.807, 2.05) is 0 Å². The summed E-state index contributed by atoms with van der Waals surface area (Å²) in [5.41, 5.74) is 1.71. The number of rotatable bonds is 6. The molecule has 0 spiro atoms. The number of ketones is 1. The van der Waals surface area contributed by atoms with Gasteiger partial charge < -0.3 is 10.1 Å². The number of H-pyrrole nitrogens is 1. The molecule has 0 amide bonds. The zero-order valence-electron chi connectivity index (χ0n) is 15.0. The lowest BCUT2D eigenvalue weighted by atomic mass is 9.94. The lowest BCUT2D eigenvalue weighted by Crippen LogP contribution is -2.13. The van der Waals surface area contributed by atoms with Gasteiger partial charge in [-0.05, 0) is 43.3 Å². The number of benzene rings is 2. The van der Waals surface area contributed by atoms with Gasteiger partial charge in [-0.15, -0.1) is 0 Å². The predicted molar refractivity (Wildman–Crippen MR) is 108 cm³/mol. The molecule has 3 rings (SSSR count). The third-order valence-corrected chi connectivity index (χ3v) is 5.12. The van der Waals surface area contributed by atoms with Crippen molar-refractivity contribution in [2.45, 2.75) is 12.8 Å². The number of aromatic amines is 1. The van der Waals surface area contributed by atoms with Crippen molar-refractivity contribution in [2.24, 2.45) is 0 Å². The quantitative estimate of drug-likeness (QED) is 0.526. The van der Waals surface area contributed by atoms with Crippen molar-refractivity contribution in [1.29, 1.82) is 0 Å². The fraction of sp³-hybridized carbons (Fsp3) is 0.158. The van der Waals surface area contributed by atoms with Crippen molar-refractivity contribution in [3.05, 3.63) is 64.3 Å². The van der Waals surface area contributed by atoms with Crippen LogP contribution < -0.4 is 4.72 Å². The Hall–Kier alpha value is -2.84. The molecule has 1 aromatic heterocycles. The zero-order valence-corrected chi connectivity index (χ0v) is 16.6. The van der Waals surface area contributed by atoms with E-state index in [0.717, 1.165) is 6.26 Å². The summed E-state index contributed by atoms with van der Waals surface area (Å²) in [6, 6.07) is 10.8. The fourth-order valence-electron chi connectivity index (χ4n) is 2.99. The molecule has 0 bridgehead atoms. The molecule has 3 aromatic rings. The molecule has 1 heterocycles. The van der Waals surface area contributed by atoms with Crippen LogP contribution in [0.15, 0.2) is 42.5 Å². The first-order chi connectivity index (χ1) is 13.1. The Labute approximate surface area is 166 Å². The van der Waals surface area contributed by atoms with Gasteiger partial charge in [-0.1, -0.05) is 17.7 Å². The Bertz CT molecular complexity index is 1180. The number of halogens is 1. The standard InChI is InChI=1S/C19H17ClN2O5S/c1-10(19(24)25)16-14-8-5-12(20)9-15(14)21-17(16)18(23)11-3-6-13(7-4-11)22-28(2,26)27/h3-10,21-22H,1-2H3,(H,24,25). The molecule has 0 fully saturated rings. The highest BCUT2D eigenvalue weighted by Gasteiger charge is 2.26. The van der Waals surface area contributed by atoms with Crippen LogP contribution in [0.25, 0.3) is 10.9 Å². The summed E-state index contributed by atoms with van der Waals surface area (Å²) in [5, 5.41) is 10.5. The second-order valence-electron chi connectivity index (χ2n) is 6.44. The van der Waals surface area contributed by atoms with Crippen molar-refractivity contribution in [3.8, 4) is 0 Å². The molecular weight excluding hydrogens is 404 g/mol. The number of aromatic nitrogens is 1. The van der Waals surface area contributed by atoms with E-state index in [-0.39, 0.29) is 11.3 Å². The molecule has 0 saturated heterocycles. The maximum Gasteiger partial charge on any atom is 0.310 e. The molecular formula is C19H17ClN2O5S. The summed E-state index contributed by atoms with van der Waals surface area (Å²) in [6.45, 7) is 1.51. The number of carbonyl (C=O) groups excluding carboxylic acids is 1. The number of carbonyl (C=O) groups is 2. The van der Waals surface area contributed by atoms with E-state index in [1.165, 1.54) is 31.2 Å². The van der Waals surface area contributed by atoms with E-state index >= 15 is 0 Å². The minimum atomic E-state index is -3.43. The number of carboxylic acids is 1. The highest BCUT2D eigenvalue weighted by atomic mass is 35.5. The Morgan fingerprint density at radius 3 is 2.36 bits per heavy atom. The van der Waals surface area contributed by atoms with Crippen molar-refractivity contribution in [3.63, 3.8) is 0 Å². The Morgan fingerprint density at radius 1 is 1.14 bits per heavy atom. The number of aliphatic carboxylic acids is 1. The molecule has 0 saturated carbocycles. The lowest BCUT2D eigenvalue weighted by molar-refractivity contribution is -0.138. The number of nitrogens with one attached hydrogen (secondary N) is 2. The Kier molecular flexibility index (Phi) is 5.18. The van der Waals surface area contributed by atoms with E-state index in [0.29, 0.717) is 27.2 Å². The van der Waals surface area contributed by atoms with Crippen LogP contribution in [0.2, 0.25) is 5.02 Å². The molecule has 0 radical (unpaired) electrons. The normalized spacial score (nSPS) is 12.7. The summed E-state index contributed by atoms with van der Waals surface area (Å²) in [5.74, 6) is -2.38. The minimum absolute atomic E-state index is 0.163. The predicted octanol–water partition coefficient (Wildman–Crippen LogP) is 3.61. The van der Waals surface area contributed by atoms with E-state index in [9.17, 15) is 23.1 Å². The summed E-state index contributed by atoms with van der Waals surface area (Å²) in [6.07, 6.45) is 1.03. The molecule has 2 aromatic carbocycles. The van der Waals surface area contributed by atoms with E-state index in [4.69, 9.17) is 11.6 Å². The second-order valence-corrected chi connectivity index (χ2v) is 8.63. The highest BCUT2D eigenvalue weighted by molar-refractivity contribution is 7.92. The van der Waals surface area contributed by atoms with Crippen LogP contribution in [0, 0.1) is 0 Å². The number of carboxylic acid groups (broad SMARTS) is 1. The number of anilines is 1. The first kappa shape index (κ1) is 19.9. The van der Waals surface area contributed by atoms with Crippen LogP contribution in [-0.4, -0.2) is 36.5 Å². The van der Waals surface area contributed by atoms with Gasteiger partial charge in [0.2, 0.25) is 15.8 Å². The molecule has 0 aliphatic heterocycles. The Balaban J connectivity index is 2.08. The van der Waals surface area contributed by atoms with E-state index in [2.05, 4.69) is 9.71 Å². The van der Waals surface area contributed by atoms with E-state index in [1.54, 1.807) is 18.2 Å². The molecule has 3 N–H and O–H groups in total. The van der Waals surface area contributed by atoms with Crippen LogP contribution >= 0.6 is 11.6 Å². The van der Waals surface area contributed by atoms with Crippen molar-refractivity contribution in [1.82, 2.24) is 4.98 Å². The maximum absolute atomic E-state index is 13.0. The number of sulfonamides is 1. The van der Waals surface area contributed by atoms with Crippen LogP contribution in [0.1, 0.15) is 34.5 Å². The molecule has 0 aliphatic rings. The maximum atomic E-state index is 13.0. The number of hydrogen-bond donors (Lipinski definition) is 3. The monoisotopic (exact) mass is 420 g/mol. The van der Waals surface area contributed by atoms with Crippen LogP contribution in [-0.2, 0) is 14.8 Å². The molecule has 1 unspecified atom stereocenters. The third-order valence-electron chi connectivity index (χ3n) is 4.28. The zero-order chi connectivity index (χ0) is 20.6. The summed E-state index contributed by atoms with van der Waals surface area (Å²) in [4.78, 5) is 27.6. The highest BCUT2D eigenvalue weighted by Crippen LogP contribution is 2.32. The lowest BCUT2D eigenvalue weighted by Gasteiger charge is -2.09. The smallest absolute Gasteiger partial charge is 0.310 e. The van der Waals surface area contributed by atoms with Gasteiger partial charge in [-0.2, -0.15) is 0 Å². The van der Waals surface area contributed by atoms with Gasteiger partial charge in [0.25, 0.3) is 0 Å². The largest absolute Gasteiger partial charge is 0.481 e. The minimum Gasteiger partial charge on any atom is -0.481 e. The SMILES string of the molecule is CC(C(=O)O)c1c(C(=O)c2ccc(NS(C)(=O)=O)cc2)[nH]c2cc(Cl)ccc12. The van der Waals surface area contributed by atoms with Crippen molar-refractivity contribution in [2.75, 3.05) is 11.0 Å². The summed E-state index contributed by atoms with van der Waals surface area (Å²) < 4.78 is 24.9. The fourth-order valence-corrected chi connectivity index (χ4v) is 3.73. The Morgan fingerprint density at radius 2 is 1.79 bits per heavy atom. The van der Waals surface area contributed by atoms with Gasteiger partial charge >= 0.3 is 5.97 Å². The molecule has 1 atom stereocenters. The topological polar surface area (TPSA) is 116 Å². The molecule has 0 aliphatic carbocycles. The third kappa shape index (κ3) is 4.02. The average molecular weight is 421 g/mol. The van der Waals surface area contributed by atoms with Crippen LogP contribution in [0.3, 0.4) is 0 Å². The summed E-state index contributed by atoms with van der Waals surface area (Å²) in [7, 11) is -3.43. The first-order valence-corrected chi connectivity index (χ1v) is 10.5. The van der Waals surface area contributed by atoms with Gasteiger partial charge in [0.15, 0.2) is 0 Å². The van der Waals surface area contributed by atoms with Gasteiger partial charge in [0, 0.05) is 32.7 Å². The van der Waals surface area contributed by atoms with Gasteiger partial charge in [-0.25, -0.2) is 8.42 Å². The number of hydrogen-bond acceptors (Lipinski definition) is 4. The summed E-state index contributed by atoms with van der Waals surface area (Å²) >= 11 is 6.01. The van der Waals surface area contributed by atoms with Crippen LogP contribution in [0.5, 0.6) is 0 Å². The average Bonchev–Trinajstić information content (AvgIpc) is 2.97.